The van der Waals surface area contributed by atoms with Crippen molar-refractivity contribution < 1.29 is 14.3 Å². The minimum atomic E-state index is -0.890. The van der Waals surface area contributed by atoms with E-state index in [0.29, 0.717) is 6.54 Å². The van der Waals surface area contributed by atoms with Crippen molar-refractivity contribution in [3.8, 4) is 0 Å². The fourth-order valence-electron chi connectivity index (χ4n) is 2.50. The summed E-state index contributed by atoms with van der Waals surface area (Å²) >= 11 is 0. The zero-order chi connectivity index (χ0) is 12.4. The minimum absolute atomic E-state index is 0.123. The number of nitrogens with zero attached hydrogens (tertiary/aromatic N) is 1. The summed E-state index contributed by atoms with van der Waals surface area (Å²) < 4.78 is 13.0. The molecular formula is C13H16FNO2. The molecule has 1 heterocycles. The number of benzene rings is 1. The summed E-state index contributed by atoms with van der Waals surface area (Å²) in [5, 5.41) is 9.17. The predicted molar refractivity (Wildman–Crippen MR) is 62.5 cm³/mol. The van der Waals surface area contributed by atoms with Gasteiger partial charge in [0.1, 0.15) is 5.82 Å². The van der Waals surface area contributed by atoms with Crippen molar-refractivity contribution in [2.45, 2.75) is 32.2 Å². The van der Waals surface area contributed by atoms with Crippen LogP contribution in [0, 0.1) is 12.7 Å². The molecule has 0 aliphatic carbocycles. The van der Waals surface area contributed by atoms with Crippen LogP contribution in [0.4, 0.5) is 9.18 Å². The Kier molecular flexibility index (Phi) is 3.31. The fraction of sp³-hybridized carbons (Fsp3) is 0.462. The van der Waals surface area contributed by atoms with E-state index in [0.717, 1.165) is 30.4 Å². The summed E-state index contributed by atoms with van der Waals surface area (Å²) in [5.74, 6) is -0.274. The van der Waals surface area contributed by atoms with Crippen LogP contribution in [0.2, 0.25) is 0 Å². The van der Waals surface area contributed by atoms with Gasteiger partial charge in [0.25, 0.3) is 0 Å². The molecule has 0 saturated carbocycles. The Morgan fingerprint density at radius 3 is 2.88 bits per heavy atom. The number of hydrogen-bond donors (Lipinski definition) is 1. The normalized spacial score (nSPS) is 20.4. The van der Waals surface area contributed by atoms with Crippen molar-refractivity contribution in [2.75, 3.05) is 6.54 Å². The van der Waals surface area contributed by atoms with E-state index in [9.17, 15) is 9.18 Å². The molecule has 1 N–H and O–H groups in total. The Labute approximate surface area is 99.9 Å². The van der Waals surface area contributed by atoms with E-state index in [1.165, 1.54) is 17.0 Å². The van der Waals surface area contributed by atoms with Gasteiger partial charge in [-0.1, -0.05) is 6.07 Å². The van der Waals surface area contributed by atoms with Gasteiger partial charge in [-0.3, -0.25) is 0 Å². The number of carbonyl (C=O) groups is 1. The lowest BCUT2D eigenvalue weighted by atomic mass is 9.92. The average Bonchev–Trinajstić information content (AvgIpc) is 2.29. The molecule has 92 valence electrons. The average molecular weight is 237 g/mol. The number of amides is 1. The highest BCUT2D eigenvalue weighted by Gasteiger charge is 2.28. The fourth-order valence-corrected chi connectivity index (χ4v) is 2.50. The third-order valence-corrected chi connectivity index (χ3v) is 3.34. The standard InChI is InChI=1S/C13H16FNO2/c1-9-8-10(14)5-6-11(9)12-4-2-3-7-15(12)13(16)17/h5-6,8,12H,2-4,7H2,1H3,(H,16,17)/t12-/m1/s1. The van der Waals surface area contributed by atoms with E-state index in [-0.39, 0.29) is 11.9 Å². The maximum atomic E-state index is 13.0. The van der Waals surface area contributed by atoms with Gasteiger partial charge in [-0.2, -0.15) is 0 Å². The summed E-state index contributed by atoms with van der Waals surface area (Å²) in [7, 11) is 0. The monoisotopic (exact) mass is 237 g/mol. The second kappa shape index (κ2) is 4.73. The van der Waals surface area contributed by atoms with Crippen LogP contribution in [0.3, 0.4) is 0 Å². The van der Waals surface area contributed by atoms with Crippen LogP contribution >= 0.6 is 0 Å². The van der Waals surface area contributed by atoms with Crippen LogP contribution in [0.5, 0.6) is 0 Å². The van der Waals surface area contributed by atoms with E-state index < -0.39 is 6.09 Å². The Morgan fingerprint density at radius 2 is 2.24 bits per heavy atom. The van der Waals surface area contributed by atoms with Gasteiger partial charge in [0.05, 0.1) is 6.04 Å². The van der Waals surface area contributed by atoms with E-state index in [1.54, 1.807) is 6.07 Å². The van der Waals surface area contributed by atoms with Gasteiger partial charge in [0.15, 0.2) is 0 Å². The molecule has 1 aromatic rings. The minimum Gasteiger partial charge on any atom is -0.465 e. The lowest BCUT2D eigenvalue weighted by molar-refractivity contribution is 0.106. The predicted octanol–water partition coefficient (Wildman–Crippen LogP) is 3.34. The smallest absolute Gasteiger partial charge is 0.407 e. The van der Waals surface area contributed by atoms with Crippen molar-refractivity contribution in [3.63, 3.8) is 0 Å². The van der Waals surface area contributed by atoms with Crippen LogP contribution in [-0.2, 0) is 0 Å². The van der Waals surface area contributed by atoms with Gasteiger partial charge in [0, 0.05) is 6.54 Å². The second-order valence-electron chi connectivity index (χ2n) is 4.49. The highest BCUT2D eigenvalue weighted by Crippen LogP contribution is 2.32. The first kappa shape index (κ1) is 11.9. The molecule has 1 aliphatic rings. The summed E-state index contributed by atoms with van der Waals surface area (Å²) in [6, 6.07) is 4.44. The van der Waals surface area contributed by atoms with Crippen molar-refractivity contribution in [1.82, 2.24) is 4.90 Å². The van der Waals surface area contributed by atoms with Gasteiger partial charge in [0.2, 0.25) is 0 Å². The van der Waals surface area contributed by atoms with Gasteiger partial charge >= 0.3 is 6.09 Å². The molecule has 1 aliphatic heterocycles. The molecule has 1 saturated heterocycles. The third-order valence-electron chi connectivity index (χ3n) is 3.34. The number of likely N-dealkylation sites (tertiary alicyclic amines) is 1. The zero-order valence-corrected chi connectivity index (χ0v) is 9.82. The molecule has 1 aromatic carbocycles. The van der Waals surface area contributed by atoms with E-state index in [1.807, 2.05) is 6.92 Å². The number of piperidine rings is 1. The molecule has 0 bridgehead atoms. The highest BCUT2D eigenvalue weighted by atomic mass is 19.1. The molecule has 1 amide bonds. The quantitative estimate of drug-likeness (QED) is 0.813. The van der Waals surface area contributed by atoms with Crippen molar-refractivity contribution >= 4 is 6.09 Å². The molecule has 3 nitrogen and oxygen atoms in total. The SMILES string of the molecule is Cc1cc(F)ccc1[C@H]1CCCCN1C(=O)O. The number of carboxylic acid groups (broad SMARTS) is 1. The maximum Gasteiger partial charge on any atom is 0.407 e. The van der Waals surface area contributed by atoms with Crippen molar-refractivity contribution in [1.29, 1.82) is 0 Å². The molecule has 17 heavy (non-hydrogen) atoms. The Morgan fingerprint density at radius 1 is 1.47 bits per heavy atom. The van der Waals surface area contributed by atoms with E-state index >= 15 is 0 Å². The lowest BCUT2D eigenvalue weighted by Gasteiger charge is -2.34. The van der Waals surface area contributed by atoms with Gasteiger partial charge < -0.3 is 10.0 Å². The first-order valence-corrected chi connectivity index (χ1v) is 5.85. The Bertz CT molecular complexity index is 433. The molecule has 1 fully saturated rings. The van der Waals surface area contributed by atoms with Crippen molar-refractivity contribution in [2.24, 2.45) is 0 Å². The molecule has 2 rings (SSSR count). The molecule has 4 heteroatoms. The molecule has 1 atom stereocenters. The van der Waals surface area contributed by atoms with E-state index in [2.05, 4.69) is 0 Å². The van der Waals surface area contributed by atoms with Crippen LogP contribution in [0.15, 0.2) is 18.2 Å². The van der Waals surface area contributed by atoms with Crippen LogP contribution < -0.4 is 0 Å². The van der Waals surface area contributed by atoms with Gasteiger partial charge in [-0.15, -0.1) is 0 Å². The highest BCUT2D eigenvalue weighted by molar-refractivity contribution is 5.66. The third kappa shape index (κ3) is 2.40. The van der Waals surface area contributed by atoms with Crippen molar-refractivity contribution in [3.05, 3.63) is 35.1 Å². The summed E-state index contributed by atoms with van der Waals surface area (Å²) in [6.07, 6.45) is 1.85. The van der Waals surface area contributed by atoms with Crippen LogP contribution in [0.1, 0.15) is 36.4 Å². The zero-order valence-electron chi connectivity index (χ0n) is 9.82. The maximum absolute atomic E-state index is 13.0. The van der Waals surface area contributed by atoms with Gasteiger partial charge in [-0.25, -0.2) is 9.18 Å². The Balaban J connectivity index is 2.32. The first-order chi connectivity index (χ1) is 8.09. The first-order valence-electron chi connectivity index (χ1n) is 5.85. The summed E-state index contributed by atoms with van der Waals surface area (Å²) in [5.41, 5.74) is 1.75. The number of hydrogen-bond acceptors (Lipinski definition) is 1. The molecule has 0 aromatic heterocycles. The summed E-state index contributed by atoms with van der Waals surface area (Å²) in [4.78, 5) is 12.6. The van der Waals surface area contributed by atoms with Crippen LogP contribution in [0.25, 0.3) is 0 Å². The summed E-state index contributed by atoms with van der Waals surface area (Å²) in [6.45, 7) is 2.39. The van der Waals surface area contributed by atoms with E-state index in [4.69, 9.17) is 5.11 Å². The van der Waals surface area contributed by atoms with Gasteiger partial charge in [-0.05, 0) is 49.4 Å². The largest absolute Gasteiger partial charge is 0.465 e. The second-order valence-corrected chi connectivity index (χ2v) is 4.49. The molecule has 0 radical (unpaired) electrons. The topological polar surface area (TPSA) is 40.5 Å². The molecule has 0 unspecified atom stereocenters. The molecular weight excluding hydrogens is 221 g/mol. The number of halogens is 1. The number of aryl methyl sites for hydroxylation is 1. The Hall–Kier alpha value is -1.58. The number of rotatable bonds is 1. The lowest BCUT2D eigenvalue weighted by Crippen LogP contribution is -2.37. The molecule has 0 spiro atoms. The van der Waals surface area contributed by atoms with Crippen LogP contribution in [-0.4, -0.2) is 22.6 Å².